The Morgan fingerprint density at radius 1 is 0.895 bits per heavy atom. The molecule has 0 bridgehead atoms. The fourth-order valence-electron chi connectivity index (χ4n) is 4.96. The maximum Gasteiger partial charge on any atom is 0.159 e. The first kappa shape index (κ1) is 29.5. The number of nitrogens with zero attached hydrogens (tertiary/aromatic N) is 1. The number of benzene rings is 3. The predicted molar refractivity (Wildman–Crippen MR) is 155 cm³/mol. The largest absolute Gasteiger partial charge is 0.512 e. The van der Waals surface area contributed by atoms with E-state index < -0.39 is 0 Å². The van der Waals surface area contributed by atoms with Crippen LogP contribution >= 0.6 is 0 Å². The van der Waals surface area contributed by atoms with E-state index in [1.807, 2.05) is 33.9 Å². The molecule has 1 aromatic heterocycles. The Labute approximate surface area is 240 Å². The third-order valence-electron chi connectivity index (χ3n) is 6.39. The number of allylic oxidation sites excluding steroid dienone is 2. The number of aliphatic hydroxyl groups excluding tert-OH is 1. The second kappa shape index (κ2) is 12.7. The molecular formula is C34H36IrNO2-. The van der Waals surface area contributed by atoms with Crippen LogP contribution in [0.1, 0.15) is 51.7 Å². The summed E-state index contributed by atoms with van der Waals surface area (Å²) in [5.41, 5.74) is 9.66. The molecule has 1 radical (unpaired) electrons. The first-order valence-corrected chi connectivity index (χ1v) is 13.1. The van der Waals surface area contributed by atoms with Crippen LogP contribution in [0.2, 0.25) is 0 Å². The van der Waals surface area contributed by atoms with Gasteiger partial charge >= 0.3 is 0 Å². The number of aromatic nitrogens is 1. The minimum Gasteiger partial charge on any atom is -0.512 e. The summed E-state index contributed by atoms with van der Waals surface area (Å²) in [5.74, 6) is 0.979. The van der Waals surface area contributed by atoms with E-state index in [9.17, 15) is 9.90 Å². The first-order chi connectivity index (χ1) is 17.6. The SMILES string of the molecule is CC(C)CC(=O)/C=C(\O)CC(C)C.Cc1c[c-]c2c(c1)-c1ccccc1-c1cc(C)cc3ccnc-2c13.[Ir]. The van der Waals surface area contributed by atoms with Crippen LogP contribution in [0.25, 0.3) is 44.3 Å². The molecule has 4 heteroatoms. The van der Waals surface area contributed by atoms with E-state index in [0.29, 0.717) is 24.7 Å². The van der Waals surface area contributed by atoms with E-state index in [0.717, 1.165) is 11.3 Å². The number of aliphatic hydroxyl groups is 1. The number of hydrogen-bond acceptors (Lipinski definition) is 3. The normalized spacial score (nSPS) is 11.7. The zero-order valence-corrected chi connectivity index (χ0v) is 25.5. The summed E-state index contributed by atoms with van der Waals surface area (Å²) < 4.78 is 0. The summed E-state index contributed by atoms with van der Waals surface area (Å²) >= 11 is 0. The van der Waals surface area contributed by atoms with Crippen LogP contribution in [0, 0.1) is 31.7 Å². The summed E-state index contributed by atoms with van der Waals surface area (Å²) in [7, 11) is 0. The Morgan fingerprint density at radius 2 is 1.53 bits per heavy atom. The summed E-state index contributed by atoms with van der Waals surface area (Å²) in [4.78, 5) is 16.0. The minimum absolute atomic E-state index is 0. The summed E-state index contributed by atoms with van der Waals surface area (Å²) in [6.07, 6.45) is 4.38. The zero-order valence-electron chi connectivity index (χ0n) is 23.1. The fraction of sp³-hybridized carbons (Fsp3) is 0.294. The number of hydrogen-bond donors (Lipinski definition) is 1. The standard InChI is InChI=1S/C23H16N.C11H20O2.Ir/c1-14-7-8-19-20(12-14)17-5-3-4-6-18(17)21-13-15(2)11-16-9-10-24-23(19)22(16)21;1-8(2)5-10(12)7-11(13)6-9(3)4;/h3-7,9-13H,1-2H3;7-9,12H,5-6H2,1-4H3;/q-1;;/b;10-7-;. The van der Waals surface area contributed by atoms with Crippen molar-refractivity contribution >= 4 is 16.6 Å². The summed E-state index contributed by atoms with van der Waals surface area (Å²) in [6.45, 7) is 12.3. The summed E-state index contributed by atoms with van der Waals surface area (Å²) in [6, 6.07) is 23.1. The van der Waals surface area contributed by atoms with E-state index in [1.54, 1.807) is 0 Å². The Balaban J connectivity index is 0.000000248. The second-order valence-electron chi connectivity index (χ2n) is 10.9. The summed E-state index contributed by atoms with van der Waals surface area (Å²) in [5, 5.41) is 11.8. The van der Waals surface area contributed by atoms with Crippen LogP contribution in [0.3, 0.4) is 0 Å². The van der Waals surface area contributed by atoms with Gasteiger partial charge in [0.25, 0.3) is 0 Å². The molecule has 0 fully saturated rings. The van der Waals surface area contributed by atoms with Gasteiger partial charge in [-0.2, -0.15) is 0 Å². The van der Waals surface area contributed by atoms with Crippen LogP contribution in [0.15, 0.2) is 72.6 Å². The van der Waals surface area contributed by atoms with Gasteiger partial charge in [-0.25, -0.2) is 0 Å². The van der Waals surface area contributed by atoms with Gasteiger partial charge in [0.05, 0.1) is 5.76 Å². The van der Waals surface area contributed by atoms with Crippen molar-refractivity contribution in [2.24, 2.45) is 11.8 Å². The number of fused-ring (bicyclic) bond motifs is 5. The minimum atomic E-state index is 0. The third kappa shape index (κ3) is 6.67. The molecule has 0 saturated heterocycles. The van der Waals surface area contributed by atoms with Crippen LogP contribution in [0.5, 0.6) is 0 Å². The zero-order chi connectivity index (χ0) is 26.7. The number of carbonyl (C=O) groups is 1. The number of aryl methyl sites for hydroxylation is 2. The van der Waals surface area contributed by atoms with Crippen molar-refractivity contribution in [1.29, 1.82) is 0 Å². The number of pyridine rings is 1. The Morgan fingerprint density at radius 3 is 2.18 bits per heavy atom. The Hall–Kier alpha value is -3.07. The van der Waals surface area contributed by atoms with E-state index in [2.05, 4.69) is 74.5 Å². The van der Waals surface area contributed by atoms with Crippen molar-refractivity contribution in [3.05, 3.63) is 89.8 Å². The molecule has 1 N–H and O–H groups in total. The van der Waals surface area contributed by atoms with Crippen LogP contribution in [-0.4, -0.2) is 15.9 Å². The van der Waals surface area contributed by atoms with Gasteiger partial charge in [0.1, 0.15) is 0 Å². The van der Waals surface area contributed by atoms with E-state index in [4.69, 9.17) is 4.98 Å². The van der Waals surface area contributed by atoms with Crippen LogP contribution < -0.4 is 0 Å². The average Bonchev–Trinajstić information content (AvgIpc) is 2.93. The molecule has 0 saturated carbocycles. The molecule has 0 amide bonds. The molecule has 4 aromatic rings. The maximum atomic E-state index is 11.2. The van der Waals surface area contributed by atoms with Gasteiger partial charge < -0.3 is 10.1 Å². The van der Waals surface area contributed by atoms with Gasteiger partial charge in [0.15, 0.2) is 5.78 Å². The smallest absolute Gasteiger partial charge is 0.159 e. The third-order valence-corrected chi connectivity index (χ3v) is 6.39. The number of carbonyl (C=O) groups excluding carboxylic acids is 1. The van der Waals surface area contributed by atoms with Crippen molar-refractivity contribution < 1.29 is 30.0 Å². The number of ketones is 1. The molecule has 1 aliphatic rings. The van der Waals surface area contributed by atoms with Gasteiger partial charge in [0.2, 0.25) is 0 Å². The van der Waals surface area contributed by atoms with E-state index in [1.165, 1.54) is 50.2 Å². The van der Waals surface area contributed by atoms with Crippen molar-refractivity contribution in [3.8, 4) is 33.5 Å². The van der Waals surface area contributed by atoms with Crippen LogP contribution in [0.4, 0.5) is 0 Å². The maximum absolute atomic E-state index is 11.2. The molecule has 38 heavy (non-hydrogen) atoms. The molecule has 0 aliphatic heterocycles. The Kier molecular flexibility index (Phi) is 9.82. The van der Waals surface area contributed by atoms with Crippen molar-refractivity contribution in [3.63, 3.8) is 0 Å². The molecule has 1 heterocycles. The average molecular weight is 683 g/mol. The van der Waals surface area contributed by atoms with Crippen molar-refractivity contribution in [1.82, 2.24) is 4.98 Å². The Bertz CT molecular complexity index is 1480. The molecule has 5 rings (SSSR count). The molecule has 0 unspecified atom stereocenters. The molecular weight excluding hydrogens is 647 g/mol. The first-order valence-electron chi connectivity index (χ1n) is 13.1. The number of rotatable bonds is 5. The van der Waals surface area contributed by atoms with E-state index >= 15 is 0 Å². The van der Waals surface area contributed by atoms with Crippen LogP contribution in [-0.2, 0) is 24.9 Å². The van der Waals surface area contributed by atoms with Crippen molar-refractivity contribution in [2.75, 3.05) is 0 Å². The molecule has 0 spiro atoms. The quantitative estimate of drug-likeness (QED) is 0.114. The molecule has 0 atom stereocenters. The van der Waals surface area contributed by atoms with Gasteiger partial charge in [0, 0.05) is 45.2 Å². The molecule has 1 aliphatic carbocycles. The topological polar surface area (TPSA) is 50.2 Å². The molecule has 3 aromatic carbocycles. The van der Waals surface area contributed by atoms with Gasteiger partial charge in [-0.15, -0.1) is 29.3 Å². The molecule has 3 nitrogen and oxygen atoms in total. The monoisotopic (exact) mass is 683 g/mol. The molecule has 199 valence electrons. The second-order valence-corrected chi connectivity index (χ2v) is 10.9. The van der Waals surface area contributed by atoms with Crippen molar-refractivity contribution in [2.45, 2.75) is 54.4 Å². The van der Waals surface area contributed by atoms with Gasteiger partial charge in [-0.1, -0.05) is 82.1 Å². The van der Waals surface area contributed by atoms with Gasteiger partial charge in [-0.3, -0.25) is 4.79 Å². The van der Waals surface area contributed by atoms with E-state index in [-0.39, 0.29) is 31.6 Å². The fourth-order valence-corrected chi connectivity index (χ4v) is 4.96. The predicted octanol–water partition coefficient (Wildman–Crippen LogP) is 9.05. The van der Waals surface area contributed by atoms with Gasteiger partial charge in [-0.05, 0) is 58.0 Å².